The minimum Gasteiger partial charge on any atom is -0.335 e. The van der Waals surface area contributed by atoms with Gasteiger partial charge in [0, 0.05) is 48.0 Å². The highest BCUT2D eigenvalue weighted by Gasteiger charge is 2.25. The number of hydrogen-bond acceptors (Lipinski definition) is 4. The Hall–Kier alpha value is -2.58. The summed E-state index contributed by atoms with van der Waals surface area (Å²) >= 11 is 5.95. The Morgan fingerprint density at radius 1 is 0.893 bits per heavy atom. The summed E-state index contributed by atoms with van der Waals surface area (Å²) in [5.41, 5.74) is 1.39. The fourth-order valence-electron chi connectivity index (χ4n) is 2.99. The minimum absolute atomic E-state index is 0.106. The van der Waals surface area contributed by atoms with Gasteiger partial charge in [0.05, 0.1) is 6.26 Å². The summed E-state index contributed by atoms with van der Waals surface area (Å²) in [6.07, 6.45) is 1.07. The van der Waals surface area contributed by atoms with Gasteiger partial charge in [-0.05, 0) is 42.5 Å². The zero-order valence-electron chi connectivity index (χ0n) is 15.3. The lowest BCUT2D eigenvalue weighted by atomic mass is 10.1. The third-order valence-electron chi connectivity index (χ3n) is 4.36. The first-order valence-electron chi connectivity index (χ1n) is 8.65. The molecule has 1 aliphatic rings. The molecule has 148 valence electrons. The monoisotopic (exact) mass is 421 g/mol. The number of anilines is 1. The van der Waals surface area contributed by atoms with E-state index in [4.69, 9.17) is 11.6 Å². The first kappa shape index (κ1) is 20.2. The predicted molar refractivity (Wildman–Crippen MR) is 108 cm³/mol. The van der Waals surface area contributed by atoms with Crippen molar-refractivity contribution in [3.63, 3.8) is 0 Å². The van der Waals surface area contributed by atoms with Gasteiger partial charge in [0.2, 0.25) is 10.0 Å². The van der Waals surface area contributed by atoms with Crippen molar-refractivity contribution >= 4 is 39.1 Å². The van der Waals surface area contributed by atoms with Crippen molar-refractivity contribution in [3.8, 4) is 0 Å². The van der Waals surface area contributed by atoms with E-state index in [0.29, 0.717) is 48.0 Å². The number of rotatable bonds is 4. The van der Waals surface area contributed by atoms with Gasteiger partial charge in [-0.15, -0.1) is 0 Å². The van der Waals surface area contributed by atoms with Crippen LogP contribution >= 0.6 is 11.6 Å². The van der Waals surface area contributed by atoms with Gasteiger partial charge in [-0.1, -0.05) is 17.7 Å². The van der Waals surface area contributed by atoms with Crippen molar-refractivity contribution in [3.05, 3.63) is 64.7 Å². The molecule has 2 aromatic carbocycles. The summed E-state index contributed by atoms with van der Waals surface area (Å²) in [6, 6.07) is 13.1. The van der Waals surface area contributed by atoms with Crippen molar-refractivity contribution in [2.24, 2.45) is 0 Å². The van der Waals surface area contributed by atoms with E-state index < -0.39 is 10.0 Å². The maximum absolute atomic E-state index is 12.7. The quantitative estimate of drug-likeness (QED) is 0.820. The number of nitrogens with zero attached hydrogens (tertiary/aromatic N) is 2. The molecule has 1 aliphatic heterocycles. The van der Waals surface area contributed by atoms with Crippen LogP contribution in [0.3, 0.4) is 0 Å². The third kappa shape index (κ3) is 5.02. The molecule has 1 saturated heterocycles. The molecule has 0 bridgehead atoms. The Morgan fingerprint density at radius 2 is 1.43 bits per heavy atom. The van der Waals surface area contributed by atoms with E-state index in [1.165, 1.54) is 0 Å². The van der Waals surface area contributed by atoms with Crippen LogP contribution in [0.25, 0.3) is 0 Å². The predicted octanol–water partition coefficient (Wildman–Crippen LogP) is 2.31. The first-order valence-corrected chi connectivity index (χ1v) is 10.9. The molecular formula is C19H20ClN3O4S. The molecule has 0 unspecified atom stereocenters. The van der Waals surface area contributed by atoms with Crippen molar-refractivity contribution in [1.82, 2.24) is 9.80 Å². The number of amides is 2. The van der Waals surface area contributed by atoms with Gasteiger partial charge in [-0.25, -0.2) is 8.42 Å². The molecule has 0 spiro atoms. The lowest BCUT2D eigenvalue weighted by Gasteiger charge is -2.35. The van der Waals surface area contributed by atoms with E-state index in [9.17, 15) is 18.0 Å². The van der Waals surface area contributed by atoms with Crippen molar-refractivity contribution < 1.29 is 18.0 Å². The van der Waals surface area contributed by atoms with Crippen molar-refractivity contribution in [2.75, 3.05) is 37.2 Å². The summed E-state index contributed by atoms with van der Waals surface area (Å²) in [7, 11) is -3.36. The highest BCUT2D eigenvalue weighted by Crippen LogP contribution is 2.16. The van der Waals surface area contributed by atoms with Gasteiger partial charge < -0.3 is 9.80 Å². The molecule has 0 radical (unpaired) electrons. The van der Waals surface area contributed by atoms with Crippen LogP contribution in [-0.4, -0.2) is 62.5 Å². The number of piperazine rings is 1. The average molecular weight is 422 g/mol. The summed E-state index contributed by atoms with van der Waals surface area (Å²) in [5, 5.41) is 0.508. The Bertz CT molecular complexity index is 984. The molecule has 3 rings (SSSR count). The van der Waals surface area contributed by atoms with Crippen LogP contribution in [0.1, 0.15) is 20.7 Å². The summed E-state index contributed by atoms with van der Waals surface area (Å²) < 4.78 is 24.9. The van der Waals surface area contributed by atoms with Crippen LogP contribution in [0.15, 0.2) is 48.5 Å². The van der Waals surface area contributed by atoms with Crippen LogP contribution in [0.5, 0.6) is 0 Å². The molecule has 1 N–H and O–H groups in total. The van der Waals surface area contributed by atoms with Crippen molar-refractivity contribution in [2.45, 2.75) is 0 Å². The van der Waals surface area contributed by atoms with Gasteiger partial charge in [0.1, 0.15) is 0 Å². The number of benzene rings is 2. The van der Waals surface area contributed by atoms with Crippen LogP contribution in [0.2, 0.25) is 5.02 Å². The molecule has 0 aliphatic carbocycles. The smallest absolute Gasteiger partial charge is 0.254 e. The molecule has 0 aromatic heterocycles. The second kappa shape index (κ2) is 8.20. The number of nitrogens with one attached hydrogen (secondary N) is 1. The largest absolute Gasteiger partial charge is 0.335 e. The number of carbonyl (C=O) groups excluding carboxylic acids is 2. The molecule has 7 nitrogen and oxygen atoms in total. The highest BCUT2D eigenvalue weighted by molar-refractivity contribution is 7.92. The van der Waals surface area contributed by atoms with Crippen LogP contribution in [0.4, 0.5) is 5.69 Å². The molecule has 0 saturated carbocycles. The van der Waals surface area contributed by atoms with E-state index >= 15 is 0 Å². The fourth-order valence-corrected chi connectivity index (χ4v) is 3.75. The topological polar surface area (TPSA) is 86.8 Å². The van der Waals surface area contributed by atoms with Gasteiger partial charge in [-0.2, -0.15) is 0 Å². The third-order valence-corrected chi connectivity index (χ3v) is 5.20. The molecule has 2 amide bonds. The SMILES string of the molecule is CS(=O)(=O)Nc1ccc(C(=O)N2CCN(C(=O)c3cccc(Cl)c3)CC2)cc1. The van der Waals surface area contributed by atoms with Crippen LogP contribution in [-0.2, 0) is 10.0 Å². The zero-order valence-corrected chi connectivity index (χ0v) is 16.8. The number of hydrogen-bond donors (Lipinski definition) is 1. The maximum Gasteiger partial charge on any atom is 0.254 e. The average Bonchev–Trinajstić information content (AvgIpc) is 2.66. The highest BCUT2D eigenvalue weighted by atomic mass is 35.5. The van der Waals surface area contributed by atoms with Gasteiger partial charge in [0.25, 0.3) is 11.8 Å². The first-order chi connectivity index (χ1) is 13.2. The summed E-state index contributed by atoms with van der Waals surface area (Å²) in [6.45, 7) is 1.72. The molecule has 9 heteroatoms. The van der Waals surface area contributed by atoms with E-state index in [1.807, 2.05) is 0 Å². The summed E-state index contributed by atoms with van der Waals surface area (Å²) in [5.74, 6) is -0.258. The molecule has 1 fully saturated rings. The van der Waals surface area contributed by atoms with Crippen LogP contribution in [0, 0.1) is 0 Å². The van der Waals surface area contributed by atoms with Crippen molar-refractivity contribution in [1.29, 1.82) is 0 Å². The maximum atomic E-state index is 12.7. The van der Waals surface area contributed by atoms with E-state index in [0.717, 1.165) is 6.26 Å². The molecular weight excluding hydrogens is 402 g/mol. The van der Waals surface area contributed by atoms with Gasteiger partial charge in [-0.3, -0.25) is 14.3 Å². The second-order valence-corrected chi connectivity index (χ2v) is 8.73. The Labute approximate surface area is 168 Å². The Balaban J connectivity index is 1.60. The Kier molecular flexibility index (Phi) is 5.90. The second-order valence-electron chi connectivity index (χ2n) is 6.55. The normalized spacial score (nSPS) is 14.6. The molecule has 0 atom stereocenters. The number of halogens is 1. The fraction of sp³-hybridized carbons (Fsp3) is 0.263. The summed E-state index contributed by atoms with van der Waals surface area (Å²) in [4.78, 5) is 28.6. The van der Waals surface area contributed by atoms with E-state index in [2.05, 4.69) is 4.72 Å². The lowest BCUT2D eigenvalue weighted by Crippen LogP contribution is -2.50. The van der Waals surface area contributed by atoms with Gasteiger partial charge >= 0.3 is 0 Å². The Morgan fingerprint density at radius 3 is 1.93 bits per heavy atom. The van der Waals surface area contributed by atoms with E-state index in [1.54, 1.807) is 58.3 Å². The standard InChI is InChI=1S/C19H20ClN3O4S/c1-28(26,27)21-17-7-5-14(6-8-17)18(24)22-9-11-23(12-10-22)19(25)15-3-2-4-16(20)13-15/h2-8,13,21H,9-12H2,1H3. The molecule has 28 heavy (non-hydrogen) atoms. The zero-order chi connectivity index (χ0) is 20.3. The van der Waals surface area contributed by atoms with E-state index in [-0.39, 0.29) is 11.8 Å². The minimum atomic E-state index is -3.36. The van der Waals surface area contributed by atoms with Crippen LogP contribution < -0.4 is 4.72 Å². The molecule has 1 heterocycles. The number of sulfonamides is 1. The van der Waals surface area contributed by atoms with Gasteiger partial charge in [0.15, 0.2) is 0 Å². The lowest BCUT2D eigenvalue weighted by molar-refractivity contribution is 0.0535. The molecule has 2 aromatic rings. The number of carbonyl (C=O) groups is 2.